The van der Waals surface area contributed by atoms with Gasteiger partial charge in [-0.2, -0.15) is 0 Å². The van der Waals surface area contributed by atoms with Crippen LogP contribution < -0.4 is 0 Å². The van der Waals surface area contributed by atoms with E-state index >= 15 is 0 Å². The van der Waals surface area contributed by atoms with E-state index in [4.69, 9.17) is 2.79 Å². The van der Waals surface area contributed by atoms with Gasteiger partial charge in [0.25, 0.3) is 0 Å². The molecule has 0 amide bonds. The van der Waals surface area contributed by atoms with Crippen LogP contribution in [0.1, 0.15) is 20.8 Å². The molecule has 0 radical (unpaired) electrons. The number of nitrogens with zero attached hydrogens (tertiary/aromatic N) is 1. The average molecular weight is 356 g/mol. The third kappa shape index (κ3) is 3.35. The van der Waals surface area contributed by atoms with Crippen LogP contribution in [0.15, 0.2) is 0 Å². The van der Waals surface area contributed by atoms with Gasteiger partial charge in [0, 0.05) is 0 Å². The van der Waals surface area contributed by atoms with Crippen molar-refractivity contribution in [1.29, 1.82) is 0 Å². The van der Waals surface area contributed by atoms with Crippen molar-refractivity contribution in [3.8, 4) is 0 Å². The fourth-order valence-electron chi connectivity index (χ4n) is 1.10. The molecule has 0 heterocycles. The molecule has 0 aromatic heterocycles. The van der Waals surface area contributed by atoms with Gasteiger partial charge >= 0.3 is 72.3 Å². The Morgan fingerprint density at radius 1 is 1.27 bits per heavy atom. The molecule has 0 rings (SSSR count). The zero-order valence-electron chi connectivity index (χ0n) is 7.29. The average Bonchev–Trinajstić information content (AvgIpc) is 2.00. The summed E-state index contributed by atoms with van der Waals surface area (Å²) < 4.78 is 7.54. The van der Waals surface area contributed by atoms with Crippen LogP contribution in [-0.2, 0) is 2.79 Å². The summed E-state index contributed by atoms with van der Waals surface area (Å²) >= 11 is -2.84. The van der Waals surface area contributed by atoms with E-state index in [0.29, 0.717) is 0 Å². The van der Waals surface area contributed by atoms with Gasteiger partial charge in [0.1, 0.15) is 0 Å². The second kappa shape index (κ2) is 4.89. The van der Waals surface area contributed by atoms with E-state index in [1.165, 1.54) is 0 Å². The quantitative estimate of drug-likeness (QED) is 0.431. The van der Waals surface area contributed by atoms with Crippen LogP contribution in [0, 0.1) is 10.1 Å². The first-order chi connectivity index (χ1) is 5.10. The topological polar surface area (TPSA) is 52.4 Å². The second-order valence-corrected chi connectivity index (χ2v) is 20.7. The van der Waals surface area contributed by atoms with Gasteiger partial charge < -0.3 is 0 Å². The number of hydrogen-bond donors (Lipinski definition) is 0. The van der Waals surface area contributed by atoms with Crippen molar-refractivity contribution in [2.45, 2.75) is 32.7 Å². The van der Waals surface area contributed by atoms with Crippen LogP contribution in [-0.4, -0.2) is 26.7 Å². The van der Waals surface area contributed by atoms with E-state index in [-0.39, 0.29) is 0 Å². The summed E-state index contributed by atoms with van der Waals surface area (Å²) in [6.07, 6.45) is 0. The predicted molar refractivity (Wildman–Crippen MR) is 45.3 cm³/mol. The van der Waals surface area contributed by atoms with Gasteiger partial charge in [0.05, 0.1) is 0 Å². The first kappa shape index (κ1) is 11.1. The van der Waals surface area contributed by atoms with Crippen LogP contribution >= 0.6 is 0 Å². The molecule has 0 spiro atoms. The Morgan fingerprint density at radius 3 is 1.73 bits per heavy atom. The molecule has 0 fully saturated rings. The summed E-state index contributed by atoms with van der Waals surface area (Å²) in [7, 11) is 0. The molecule has 0 bridgehead atoms. The van der Waals surface area contributed by atoms with Gasteiger partial charge in [-0.15, -0.1) is 0 Å². The van der Waals surface area contributed by atoms with Crippen LogP contribution in [0.5, 0.6) is 0 Å². The monoisotopic (exact) mass is 357 g/mol. The normalized spacial score (nSPS) is 11.2. The van der Waals surface area contributed by atoms with E-state index in [2.05, 4.69) is 0 Å². The Bertz CT molecular complexity index is 128. The summed E-state index contributed by atoms with van der Waals surface area (Å²) in [4.78, 5) is 10.1. The Hall–Kier alpha value is 0.122. The van der Waals surface area contributed by atoms with Gasteiger partial charge in [-0.25, -0.2) is 0 Å². The molecule has 0 aromatic carbocycles. The van der Waals surface area contributed by atoms with Crippen molar-refractivity contribution >= 4 is 21.6 Å². The van der Waals surface area contributed by atoms with E-state index in [1.807, 2.05) is 20.8 Å². The first-order valence-corrected chi connectivity index (χ1v) is 13.8. The maximum atomic E-state index is 10.1. The fourth-order valence-corrected chi connectivity index (χ4v) is 9.67. The molecular formula is C6H15NO3Pb. The minimum absolute atomic E-state index is 0.599. The molecule has 0 N–H and O–H groups in total. The molecular weight excluding hydrogens is 341 g/mol. The van der Waals surface area contributed by atoms with Crippen LogP contribution in [0.2, 0.25) is 11.9 Å². The van der Waals surface area contributed by atoms with E-state index in [0.717, 1.165) is 11.9 Å². The third-order valence-corrected chi connectivity index (χ3v) is 19.3. The van der Waals surface area contributed by atoms with Crippen molar-refractivity contribution in [2.75, 3.05) is 0 Å². The molecule has 0 atom stereocenters. The van der Waals surface area contributed by atoms with Gasteiger partial charge in [-0.05, 0) is 0 Å². The molecule has 0 saturated carbocycles. The summed E-state index contributed by atoms with van der Waals surface area (Å²) in [5, 5.41) is 9.53. The Morgan fingerprint density at radius 2 is 1.64 bits per heavy atom. The zero-order valence-corrected chi connectivity index (χ0v) is 11.2. The molecule has 0 aliphatic rings. The molecule has 66 valence electrons. The van der Waals surface area contributed by atoms with Gasteiger partial charge in [0.2, 0.25) is 0 Å². The number of hydrogen-bond acceptors (Lipinski definition) is 3. The molecule has 11 heavy (non-hydrogen) atoms. The van der Waals surface area contributed by atoms with Gasteiger partial charge in [0.15, 0.2) is 0 Å². The second-order valence-electron chi connectivity index (χ2n) is 2.56. The summed E-state index contributed by atoms with van der Waals surface area (Å²) in [6.45, 7) is 5.99. The van der Waals surface area contributed by atoms with Crippen molar-refractivity contribution in [1.82, 2.24) is 0 Å². The molecule has 0 aromatic rings. The van der Waals surface area contributed by atoms with Crippen LogP contribution in [0.4, 0.5) is 0 Å². The van der Waals surface area contributed by atoms with E-state index in [9.17, 15) is 10.1 Å². The standard InChI is InChI=1S/3C2H5.NO3.Pb/c3*1-2;2-1(3)4;/h3*1H2,2H3;;/q;;;-1;+1. The van der Waals surface area contributed by atoms with Crippen LogP contribution in [0.3, 0.4) is 0 Å². The Balaban J connectivity index is 4.16. The molecule has 4 nitrogen and oxygen atoms in total. The van der Waals surface area contributed by atoms with Gasteiger partial charge in [-0.1, -0.05) is 0 Å². The van der Waals surface area contributed by atoms with Crippen LogP contribution in [0.25, 0.3) is 0 Å². The summed E-state index contributed by atoms with van der Waals surface area (Å²) in [5.74, 6) is 0. The Labute approximate surface area is 72.3 Å². The van der Waals surface area contributed by atoms with Crippen molar-refractivity contribution in [3.63, 3.8) is 0 Å². The number of rotatable bonds is 5. The van der Waals surface area contributed by atoms with Gasteiger partial charge in [-0.3, -0.25) is 0 Å². The van der Waals surface area contributed by atoms with Crippen molar-refractivity contribution in [2.24, 2.45) is 0 Å². The summed E-state index contributed by atoms with van der Waals surface area (Å²) in [6, 6.07) is 0. The zero-order chi connectivity index (χ0) is 8.91. The first-order valence-electron chi connectivity index (χ1n) is 3.93. The third-order valence-electron chi connectivity index (χ3n) is 2.20. The Kier molecular flexibility index (Phi) is 4.95. The van der Waals surface area contributed by atoms with E-state index < -0.39 is 26.7 Å². The molecule has 0 unspecified atom stereocenters. The molecule has 5 heteroatoms. The SMILES string of the molecule is C[CH2][Pb]([CH2]C)([CH2]C)[O][N+](=O)[O-]. The molecule has 0 aliphatic carbocycles. The van der Waals surface area contributed by atoms with Crippen molar-refractivity contribution in [3.05, 3.63) is 10.1 Å². The predicted octanol–water partition coefficient (Wildman–Crippen LogP) is 2.20. The maximum absolute atomic E-state index is 10.1. The fraction of sp³-hybridized carbons (Fsp3) is 1.00. The van der Waals surface area contributed by atoms with E-state index in [1.54, 1.807) is 0 Å². The van der Waals surface area contributed by atoms with Crippen molar-refractivity contribution < 1.29 is 7.87 Å². The minimum atomic E-state index is -2.84. The molecule has 0 aliphatic heterocycles. The summed E-state index contributed by atoms with van der Waals surface area (Å²) in [5.41, 5.74) is 0. The molecule has 0 saturated heterocycles.